The fourth-order valence-corrected chi connectivity index (χ4v) is 0.796. The first-order chi connectivity index (χ1) is 5.36. The summed E-state index contributed by atoms with van der Waals surface area (Å²) in [6.07, 6.45) is 4.77. The normalized spacial score (nSPS) is 29.2. The van der Waals surface area contributed by atoms with Gasteiger partial charge in [-0.05, 0) is 12.2 Å². The molecule has 1 aliphatic heterocycles. The summed E-state index contributed by atoms with van der Waals surface area (Å²) in [5.41, 5.74) is 0. The second-order valence-corrected chi connectivity index (χ2v) is 2.12. The van der Waals surface area contributed by atoms with Gasteiger partial charge in [-0.15, -0.1) is 6.58 Å². The molecule has 0 fully saturated rings. The highest BCUT2D eigenvalue weighted by atomic mass is 16.8. The van der Waals surface area contributed by atoms with E-state index in [4.69, 9.17) is 14.2 Å². The molecule has 1 heterocycles. The lowest BCUT2D eigenvalue weighted by Gasteiger charge is -2.11. The van der Waals surface area contributed by atoms with Gasteiger partial charge in [0.05, 0.1) is 6.61 Å². The van der Waals surface area contributed by atoms with Crippen LogP contribution in [0.5, 0.6) is 0 Å². The van der Waals surface area contributed by atoms with Gasteiger partial charge in [0.15, 0.2) is 12.6 Å². The summed E-state index contributed by atoms with van der Waals surface area (Å²) in [5.74, 6) is 0. The Balaban J connectivity index is 2.20. The zero-order valence-corrected chi connectivity index (χ0v) is 6.53. The Morgan fingerprint density at radius 3 is 2.82 bits per heavy atom. The fourth-order valence-electron chi connectivity index (χ4n) is 0.796. The summed E-state index contributed by atoms with van der Waals surface area (Å²) in [7, 11) is 1.59. The Labute approximate surface area is 66.2 Å². The molecule has 0 aromatic rings. The molecule has 0 unspecified atom stereocenters. The zero-order valence-electron chi connectivity index (χ0n) is 6.53. The third-order valence-corrected chi connectivity index (χ3v) is 1.30. The predicted octanol–water partition coefficient (Wildman–Crippen LogP) is 1.07. The van der Waals surface area contributed by atoms with Crippen LogP contribution in [0.4, 0.5) is 0 Å². The topological polar surface area (TPSA) is 27.7 Å². The monoisotopic (exact) mass is 156 g/mol. The van der Waals surface area contributed by atoms with E-state index in [0.29, 0.717) is 6.61 Å². The van der Waals surface area contributed by atoms with Crippen molar-refractivity contribution in [1.82, 2.24) is 0 Å². The number of rotatable bonds is 4. The van der Waals surface area contributed by atoms with Crippen LogP contribution in [0.1, 0.15) is 0 Å². The Kier molecular flexibility index (Phi) is 3.29. The van der Waals surface area contributed by atoms with Crippen molar-refractivity contribution < 1.29 is 14.2 Å². The molecule has 0 spiro atoms. The highest BCUT2D eigenvalue weighted by molar-refractivity contribution is 4.95. The van der Waals surface area contributed by atoms with Crippen molar-refractivity contribution in [3.8, 4) is 0 Å². The summed E-state index contributed by atoms with van der Waals surface area (Å²) in [4.78, 5) is 0. The Bertz CT molecular complexity index is 153. The van der Waals surface area contributed by atoms with Crippen LogP contribution >= 0.6 is 0 Å². The second kappa shape index (κ2) is 4.28. The fraction of sp³-hybridized carbons (Fsp3) is 0.500. The van der Waals surface area contributed by atoms with E-state index in [-0.39, 0.29) is 12.6 Å². The molecule has 1 aliphatic rings. The summed E-state index contributed by atoms with van der Waals surface area (Å²) in [6.45, 7) is 4.02. The Morgan fingerprint density at radius 2 is 2.27 bits per heavy atom. The molecule has 62 valence electrons. The molecule has 0 amide bonds. The van der Waals surface area contributed by atoms with Gasteiger partial charge in [-0.25, -0.2) is 0 Å². The average molecular weight is 156 g/mol. The van der Waals surface area contributed by atoms with E-state index in [2.05, 4.69) is 6.58 Å². The summed E-state index contributed by atoms with van der Waals surface area (Å²) in [5, 5.41) is 0. The van der Waals surface area contributed by atoms with Crippen LogP contribution < -0.4 is 0 Å². The van der Waals surface area contributed by atoms with E-state index in [9.17, 15) is 0 Å². The van der Waals surface area contributed by atoms with Gasteiger partial charge in [0.2, 0.25) is 0 Å². The largest absolute Gasteiger partial charge is 0.352 e. The lowest BCUT2D eigenvalue weighted by molar-refractivity contribution is -0.179. The van der Waals surface area contributed by atoms with E-state index < -0.39 is 0 Å². The van der Waals surface area contributed by atoms with Gasteiger partial charge in [0, 0.05) is 7.11 Å². The smallest absolute Gasteiger partial charge is 0.180 e. The maximum Gasteiger partial charge on any atom is 0.180 e. The molecule has 0 bridgehead atoms. The SMILES string of the molecule is C=CCO[C@H]1C=C[C@@H](OC)O1. The summed E-state index contributed by atoms with van der Waals surface area (Å²) >= 11 is 0. The minimum Gasteiger partial charge on any atom is -0.352 e. The molecule has 0 aliphatic carbocycles. The molecule has 3 heteroatoms. The van der Waals surface area contributed by atoms with Crippen LogP contribution in [-0.2, 0) is 14.2 Å². The van der Waals surface area contributed by atoms with Gasteiger partial charge in [0.1, 0.15) is 0 Å². The van der Waals surface area contributed by atoms with Crippen molar-refractivity contribution in [3.05, 3.63) is 24.8 Å². The first-order valence-electron chi connectivity index (χ1n) is 3.46. The molecule has 0 aromatic carbocycles. The molecule has 0 N–H and O–H groups in total. The van der Waals surface area contributed by atoms with Crippen molar-refractivity contribution in [1.29, 1.82) is 0 Å². The van der Waals surface area contributed by atoms with Crippen molar-refractivity contribution >= 4 is 0 Å². The third-order valence-electron chi connectivity index (χ3n) is 1.30. The maximum atomic E-state index is 5.21. The van der Waals surface area contributed by atoms with Gasteiger partial charge in [-0.2, -0.15) is 0 Å². The van der Waals surface area contributed by atoms with Crippen LogP contribution in [0.3, 0.4) is 0 Å². The third kappa shape index (κ3) is 2.46. The number of hydrogen-bond acceptors (Lipinski definition) is 3. The first kappa shape index (κ1) is 8.46. The van der Waals surface area contributed by atoms with Gasteiger partial charge in [0.25, 0.3) is 0 Å². The van der Waals surface area contributed by atoms with E-state index in [1.54, 1.807) is 13.2 Å². The van der Waals surface area contributed by atoms with Gasteiger partial charge < -0.3 is 14.2 Å². The van der Waals surface area contributed by atoms with E-state index in [1.165, 1.54) is 0 Å². The molecule has 0 aromatic heterocycles. The molecule has 0 saturated heterocycles. The highest BCUT2D eigenvalue weighted by Gasteiger charge is 2.17. The summed E-state index contributed by atoms with van der Waals surface area (Å²) in [6, 6.07) is 0. The average Bonchev–Trinajstić information content (AvgIpc) is 2.48. The van der Waals surface area contributed by atoms with Crippen LogP contribution in [-0.4, -0.2) is 26.3 Å². The minimum atomic E-state index is -0.280. The van der Waals surface area contributed by atoms with Crippen LogP contribution in [0.25, 0.3) is 0 Å². The second-order valence-electron chi connectivity index (χ2n) is 2.12. The predicted molar refractivity (Wildman–Crippen MR) is 41.0 cm³/mol. The Hall–Kier alpha value is -0.640. The number of methoxy groups -OCH3 is 1. The van der Waals surface area contributed by atoms with Gasteiger partial charge >= 0.3 is 0 Å². The quantitative estimate of drug-likeness (QED) is 0.570. The molecule has 11 heavy (non-hydrogen) atoms. The molecule has 0 radical (unpaired) electrons. The summed E-state index contributed by atoms with van der Waals surface area (Å²) < 4.78 is 15.3. The lowest BCUT2D eigenvalue weighted by Crippen LogP contribution is -2.16. The van der Waals surface area contributed by atoms with Crippen LogP contribution in [0.15, 0.2) is 24.8 Å². The first-order valence-corrected chi connectivity index (χ1v) is 3.46. The maximum absolute atomic E-state index is 5.21. The minimum absolute atomic E-state index is 0.259. The van der Waals surface area contributed by atoms with Crippen molar-refractivity contribution in [3.63, 3.8) is 0 Å². The number of ether oxygens (including phenoxy) is 3. The van der Waals surface area contributed by atoms with Crippen molar-refractivity contribution in [2.75, 3.05) is 13.7 Å². The van der Waals surface area contributed by atoms with E-state index in [0.717, 1.165) is 0 Å². The molecular formula is C8H12O3. The van der Waals surface area contributed by atoms with Gasteiger partial charge in [-0.3, -0.25) is 0 Å². The van der Waals surface area contributed by atoms with Crippen molar-refractivity contribution in [2.24, 2.45) is 0 Å². The Morgan fingerprint density at radius 1 is 1.55 bits per heavy atom. The molecule has 2 atom stereocenters. The highest BCUT2D eigenvalue weighted by Crippen LogP contribution is 2.12. The molecule has 1 rings (SSSR count). The molecule has 0 saturated carbocycles. The molecule has 3 nitrogen and oxygen atoms in total. The van der Waals surface area contributed by atoms with Crippen LogP contribution in [0.2, 0.25) is 0 Å². The number of hydrogen-bond donors (Lipinski definition) is 0. The van der Waals surface area contributed by atoms with Gasteiger partial charge in [-0.1, -0.05) is 6.08 Å². The zero-order chi connectivity index (χ0) is 8.10. The van der Waals surface area contributed by atoms with Crippen molar-refractivity contribution in [2.45, 2.75) is 12.6 Å². The lowest BCUT2D eigenvalue weighted by atomic mass is 10.5. The standard InChI is InChI=1S/C8H12O3/c1-3-6-10-8-5-4-7(9-2)11-8/h3-5,7-8H,1,6H2,2H3/t7-,8+/m0/s1. The molecular weight excluding hydrogens is 144 g/mol. The van der Waals surface area contributed by atoms with E-state index in [1.807, 2.05) is 12.2 Å². The van der Waals surface area contributed by atoms with E-state index >= 15 is 0 Å². The van der Waals surface area contributed by atoms with Crippen LogP contribution in [0, 0.1) is 0 Å².